The smallest absolute Gasteiger partial charge is 0.232 e. The summed E-state index contributed by atoms with van der Waals surface area (Å²) in [7, 11) is 0. The van der Waals surface area contributed by atoms with Crippen molar-refractivity contribution in [3.63, 3.8) is 0 Å². The molecule has 112 valence electrons. The van der Waals surface area contributed by atoms with Crippen LogP contribution in [0.1, 0.15) is 19.7 Å². The van der Waals surface area contributed by atoms with Gasteiger partial charge in [0.2, 0.25) is 17.8 Å². The van der Waals surface area contributed by atoms with Crippen LogP contribution in [0.25, 0.3) is 0 Å². The van der Waals surface area contributed by atoms with Gasteiger partial charge in [0.05, 0.1) is 6.54 Å². The molecule has 0 radical (unpaired) electrons. The summed E-state index contributed by atoms with van der Waals surface area (Å²) < 4.78 is 2.15. The Hall–Kier alpha value is -2.38. The molecular formula is C13H20N8. The number of fused-ring (bicyclic) bond motifs is 1. The summed E-state index contributed by atoms with van der Waals surface area (Å²) in [6.07, 6.45) is 3.82. The number of rotatable bonds is 4. The average molecular weight is 288 g/mol. The highest BCUT2D eigenvalue weighted by molar-refractivity contribution is 5.43. The van der Waals surface area contributed by atoms with Crippen molar-refractivity contribution in [2.75, 3.05) is 35.2 Å². The number of anilines is 3. The first-order valence-electron chi connectivity index (χ1n) is 7.22. The Balaban J connectivity index is 1.89. The first-order chi connectivity index (χ1) is 10.2. The molecular weight excluding hydrogens is 268 g/mol. The molecule has 1 aliphatic heterocycles. The lowest BCUT2D eigenvalue weighted by molar-refractivity contribution is 0.550. The molecule has 0 atom stereocenters. The minimum absolute atomic E-state index is 0.260. The fraction of sp³-hybridized carbons (Fsp3) is 0.538. The molecule has 8 nitrogen and oxygen atoms in total. The number of hydrogen-bond acceptors (Lipinski definition) is 7. The maximum atomic E-state index is 5.85. The summed E-state index contributed by atoms with van der Waals surface area (Å²) in [5, 5.41) is 0. The molecule has 3 heterocycles. The van der Waals surface area contributed by atoms with Gasteiger partial charge in [0.1, 0.15) is 5.82 Å². The summed E-state index contributed by atoms with van der Waals surface area (Å²) in [6.45, 7) is 8.22. The van der Waals surface area contributed by atoms with E-state index in [1.54, 1.807) is 0 Å². The molecule has 0 aliphatic carbocycles. The zero-order chi connectivity index (χ0) is 14.8. The van der Waals surface area contributed by atoms with Crippen LogP contribution < -0.4 is 15.5 Å². The van der Waals surface area contributed by atoms with Crippen molar-refractivity contribution in [3.05, 3.63) is 18.2 Å². The lowest BCUT2D eigenvalue weighted by Crippen LogP contribution is -2.35. The quantitative estimate of drug-likeness (QED) is 0.877. The monoisotopic (exact) mass is 288 g/mol. The Morgan fingerprint density at radius 2 is 2.00 bits per heavy atom. The van der Waals surface area contributed by atoms with Gasteiger partial charge < -0.3 is 20.1 Å². The van der Waals surface area contributed by atoms with Crippen LogP contribution in [-0.2, 0) is 13.1 Å². The van der Waals surface area contributed by atoms with Crippen molar-refractivity contribution in [1.82, 2.24) is 24.5 Å². The molecule has 1 aliphatic rings. The molecule has 21 heavy (non-hydrogen) atoms. The van der Waals surface area contributed by atoms with E-state index in [4.69, 9.17) is 5.73 Å². The van der Waals surface area contributed by atoms with Gasteiger partial charge in [-0.15, -0.1) is 0 Å². The van der Waals surface area contributed by atoms with E-state index in [0.717, 1.165) is 32.0 Å². The second-order valence-electron chi connectivity index (χ2n) is 4.92. The van der Waals surface area contributed by atoms with E-state index in [0.29, 0.717) is 18.4 Å². The summed E-state index contributed by atoms with van der Waals surface area (Å²) in [6, 6.07) is 0. The fourth-order valence-electron chi connectivity index (χ4n) is 2.50. The van der Waals surface area contributed by atoms with Crippen LogP contribution in [-0.4, -0.2) is 44.1 Å². The van der Waals surface area contributed by atoms with Gasteiger partial charge in [-0.2, -0.15) is 15.0 Å². The Bertz CT molecular complexity index is 618. The molecule has 2 N–H and O–H groups in total. The van der Waals surface area contributed by atoms with Crippen LogP contribution in [0.15, 0.2) is 12.4 Å². The molecule has 0 fully saturated rings. The molecule has 0 amide bonds. The lowest BCUT2D eigenvalue weighted by atomic mass is 10.4. The molecule has 0 aromatic carbocycles. The SMILES string of the molecule is CCN(CC)c1nc(N)nc(N2CCn3ccnc3C2)n1. The highest BCUT2D eigenvalue weighted by atomic mass is 15.4. The van der Waals surface area contributed by atoms with Crippen molar-refractivity contribution in [2.24, 2.45) is 0 Å². The third kappa shape index (κ3) is 2.61. The van der Waals surface area contributed by atoms with E-state index in [1.165, 1.54) is 0 Å². The summed E-state index contributed by atoms with van der Waals surface area (Å²) in [5.41, 5.74) is 5.85. The van der Waals surface area contributed by atoms with Gasteiger partial charge in [0, 0.05) is 38.6 Å². The standard InChI is InChI=1S/C13H20N8/c1-3-19(4-2)12-16-11(14)17-13(18-12)21-8-7-20-6-5-15-10(20)9-21/h5-6H,3-4,7-9H2,1-2H3,(H2,14,16,17,18). The minimum atomic E-state index is 0.260. The third-order valence-electron chi connectivity index (χ3n) is 3.70. The fourth-order valence-corrected chi connectivity index (χ4v) is 2.50. The van der Waals surface area contributed by atoms with Gasteiger partial charge in [0.25, 0.3) is 0 Å². The van der Waals surface area contributed by atoms with Crippen molar-refractivity contribution < 1.29 is 0 Å². The van der Waals surface area contributed by atoms with E-state index in [1.807, 2.05) is 12.4 Å². The van der Waals surface area contributed by atoms with Crippen molar-refractivity contribution in [3.8, 4) is 0 Å². The molecule has 3 rings (SSSR count). The molecule has 0 spiro atoms. The topological polar surface area (TPSA) is 89.0 Å². The Morgan fingerprint density at radius 3 is 2.76 bits per heavy atom. The average Bonchev–Trinajstić information content (AvgIpc) is 2.95. The van der Waals surface area contributed by atoms with Crippen LogP contribution in [0.3, 0.4) is 0 Å². The highest BCUT2D eigenvalue weighted by Gasteiger charge is 2.21. The molecule has 0 bridgehead atoms. The van der Waals surface area contributed by atoms with Crippen LogP contribution in [0.5, 0.6) is 0 Å². The predicted molar refractivity (Wildman–Crippen MR) is 81.1 cm³/mol. The third-order valence-corrected chi connectivity index (χ3v) is 3.70. The van der Waals surface area contributed by atoms with Gasteiger partial charge in [-0.05, 0) is 13.8 Å². The molecule has 0 saturated carbocycles. The normalized spacial score (nSPS) is 14.1. The second-order valence-corrected chi connectivity index (χ2v) is 4.92. The first kappa shape index (κ1) is 13.6. The van der Waals surface area contributed by atoms with E-state index >= 15 is 0 Å². The van der Waals surface area contributed by atoms with E-state index in [2.05, 4.69) is 48.2 Å². The van der Waals surface area contributed by atoms with Gasteiger partial charge in [-0.1, -0.05) is 0 Å². The number of hydrogen-bond donors (Lipinski definition) is 1. The van der Waals surface area contributed by atoms with E-state index in [-0.39, 0.29) is 5.95 Å². The summed E-state index contributed by atoms with van der Waals surface area (Å²) >= 11 is 0. The second kappa shape index (κ2) is 5.55. The highest BCUT2D eigenvalue weighted by Crippen LogP contribution is 2.19. The molecule has 8 heteroatoms. The Labute approximate surface area is 123 Å². The Morgan fingerprint density at radius 1 is 1.19 bits per heavy atom. The maximum Gasteiger partial charge on any atom is 0.232 e. The zero-order valence-corrected chi connectivity index (χ0v) is 12.4. The van der Waals surface area contributed by atoms with Gasteiger partial charge >= 0.3 is 0 Å². The molecule has 2 aromatic heterocycles. The van der Waals surface area contributed by atoms with Gasteiger partial charge in [-0.25, -0.2) is 4.98 Å². The van der Waals surface area contributed by atoms with Crippen LogP contribution in [0, 0.1) is 0 Å². The molecule has 0 unspecified atom stereocenters. The van der Waals surface area contributed by atoms with Crippen molar-refractivity contribution >= 4 is 17.8 Å². The molecule has 2 aromatic rings. The number of nitrogens with two attached hydrogens (primary N) is 1. The lowest BCUT2D eigenvalue weighted by Gasteiger charge is -2.28. The predicted octanol–water partition coefficient (Wildman–Crippen LogP) is 0.517. The van der Waals surface area contributed by atoms with Crippen molar-refractivity contribution in [2.45, 2.75) is 26.9 Å². The first-order valence-corrected chi connectivity index (χ1v) is 7.22. The van der Waals surface area contributed by atoms with Crippen LogP contribution in [0.4, 0.5) is 17.8 Å². The van der Waals surface area contributed by atoms with Crippen molar-refractivity contribution in [1.29, 1.82) is 0 Å². The number of nitrogens with zero attached hydrogens (tertiary/aromatic N) is 7. The number of imidazole rings is 1. The summed E-state index contributed by atoms with van der Waals surface area (Å²) in [4.78, 5) is 21.6. The van der Waals surface area contributed by atoms with E-state index in [9.17, 15) is 0 Å². The largest absolute Gasteiger partial charge is 0.368 e. The maximum absolute atomic E-state index is 5.85. The van der Waals surface area contributed by atoms with Gasteiger partial charge in [0.15, 0.2) is 0 Å². The zero-order valence-electron chi connectivity index (χ0n) is 12.4. The minimum Gasteiger partial charge on any atom is -0.368 e. The van der Waals surface area contributed by atoms with Crippen LogP contribution in [0.2, 0.25) is 0 Å². The van der Waals surface area contributed by atoms with Crippen LogP contribution >= 0.6 is 0 Å². The summed E-state index contributed by atoms with van der Waals surface area (Å²) in [5.74, 6) is 2.54. The Kier molecular flexibility index (Phi) is 3.59. The number of aromatic nitrogens is 5. The van der Waals surface area contributed by atoms with E-state index < -0.39 is 0 Å². The molecule has 0 saturated heterocycles. The number of nitrogen functional groups attached to an aromatic ring is 1. The van der Waals surface area contributed by atoms with Gasteiger partial charge in [-0.3, -0.25) is 0 Å².